The van der Waals surface area contributed by atoms with E-state index in [2.05, 4.69) is 22.4 Å². The Morgan fingerprint density at radius 1 is 1.20 bits per heavy atom. The van der Waals surface area contributed by atoms with Crippen molar-refractivity contribution < 1.29 is 9.26 Å². The first kappa shape index (κ1) is 17.3. The van der Waals surface area contributed by atoms with Crippen molar-refractivity contribution in [1.29, 1.82) is 0 Å². The molecule has 6 heteroatoms. The number of halogens is 1. The molecular weight excluding hydrogens is 338 g/mol. The summed E-state index contributed by atoms with van der Waals surface area (Å²) in [6.07, 6.45) is 1.77. The van der Waals surface area contributed by atoms with E-state index in [0.717, 1.165) is 38.9 Å². The van der Waals surface area contributed by atoms with E-state index in [0.29, 0.717) is 5.88 Å². The lowest BCUT2D eigenvalue weighted by Gasteiger charge is -2.18. The van der Waals surface area contributed by atoms with Gasteiger partial charge in [0.25, 0.3) is 0 Å². The number of hydrogen-bond acceptors (Lipinski definition) is 5. The van der Waals surface area contributed by atoms with Gasteiger partial charge in [0.2, 0.25) is 5.88 Å². The zero-order valence-electron chi connectivity index (χ0n) is 14.6. The van der Waals surface area contributed by atoms with Crippen molar-refractivity contribution in [3.8, 4) is 17.0 Å². The third kappa shape index (κ3) is 3.61. The standard InChI is InChI=1S/C19H20ClN3O2/c1-11(14-5-7-16(20)8-6-14)22-17-9-15(10-21-19(17)24-4)18-12(2)23-25-13(18)3/h5-11,22H,1-4H3. The largest absolute Gasteiger partial charge is 0.480 e. The first-order valence-electron chi connectivity index (χ1n) is 7.99. The highest BCUT2D eigenvalue weighted by Crippen LogP contribution is 2.33. The maximum atomic E-state index is 5.97. The second kappa shape index (κ2) is 7.15. The Morgan fingerprint density at radius 2 is 1.92 bits per heavy atom. The second-order valence-electron chi connectivity index (χ2n) is 5.90. The molecule has 3 aromatic rings. The highest BCUT2D eigenvalue weighted by atomic mass is 35.5. The van der Waals surface area contributed by atoms with Crippen LogP contribution in [0.4, 0.5) is 5.69 Å². The van der Waals surface area contributed by atoms with Gasteiger partial charge in [-0.05, 0) is 44.5 Å². The minimum atomic E-state index is 0.0629. The van der Waals surface area contributed by atoms with E-state index >= 15 is 0 Å². The molecule has 1 aromatic carbocycles. The van der Waals surface area contributed by atoms with E-state index in [1.165, 1.54) is 0 Å². The van der Waals surface area contributed by atoms with E-state index < -0.39 is 0 Å². The van der Waals surface area contributed by atoms with Crippen LogP contribution in [0.3, 0.4) is 0 Å². The van der Waals surface area contributed by atoms with Gasteiger partial charge in [-0.25, -0.2) is 4.98 Å². The molecular formula is C19H20ClN3O2. The molecule has 1 atom stereocenters. The van der Waals surface area contributed by atoms with Crippen molar-refractivity contribution in [2.45, 2.75) is 26.8 Å². The minimum Gasteiger partial charge on any atom is -0.480 e. The van der Waals surface area contributed by atoms with Gasteiger partial charge < -0.3 is 14.6 Å². The van der Waals surface area contributed by atoms with Crippen LogP contribution >= 0.6 is 11.6 Å². The Balaban J connectivity index is 1.94. The Kier molecular flexibility index (Phi) is 4.95. The van der Waals surface area contributed by atoms with Crippen molar-refractivity contribution in [2.75, 3.05) is 12.4 Å². The topological polar surface area (TPSA) is 60.2 Å². The van der Waals surface area contributed by atoms with E-state index in [1.807, 2.05) is 44.2 Å². The predicted octanol–water partition coefficient (Wildman–Crippen LogP) is 5.19. The fourth-order valence-corrected chi connectivity index (χ4v) is 2.94. The van der Waals surface area contributed by atoms with Gasteiger partial charge in [0.15, 0.2) is 0 Å². The molecule has 0 saturated heterocycles. The monoisotopic (exact) mass is 357 g/mol. The smallest absolute Gasteiger partial charge is 0.237 e. The molecule has 1 N–H and O–H groups in total. The number of aromatic nitrogens is 2. The van der Waals surface area contributed by atoms with Gasteiger partial charge in [-0.2, -0.15) is 0 Å². The number of benzene rings is 1. The fourth-order valence-electron chi connectivity index (χ4n) is 2.82. The lowest BCUT2D eigenvalue weighted by molar-refractivity contribution is 0.393. The molecule has 2 aromatic heterocycles. The van der Waals surface area contributed by atoms with Crippen LogP contribution in [0.2, 0.25) is 5.02 Å². The van der Waals surface area contributed by atoms with Crippen LogP contribution in [0.1, 0.15) is 30.0 Å². The molecule has 0 spiro atoms. The molecule has 130 valence electrons. The third-order valence-corrected chi connectivity index (χ3v) is 4.36. The number of nitrogens with one attached hydrogen (secondary N) is 1. The van der Waals surface area contributed by atoms with Crippen molar-refractivity contribution in [1.82, 2.24) is 10.1 Å². The van der Waals surface area contributed by atoms with E-state index in [-0.39, 0.29) is 6.04 Å². The maximum Gasteiger partial charge on any atom is 0.237 e. The van der Waals surface area contributed by atoms with Gasteiger partial charge >= 0.3 is 0 Å². The van der Waals surface area contributed by atoms with Crippen LogP contribution < -0.4 is 10.1 Å². The van der Waals surface area contributed by atoms with Crippen LogP contribution in [0.5, 0.6) is 5.88 Å². The van der Waals surface area contributed by atoms with Crippen LogP contribution in [0.25, 0.3) is 11.1 Å². The van der Waals surface area contributed by atoms with Gasteiger partial charge in [0, 0.05) is 28.4 Å². The number of rotatable bonds is 5. The van der Waals surface area contributed by atoms with Crippen molar-refractivity contribution >= 4 is 17.3 Å². The zero-order valence-corrected chi connectivity index (χ0v) is 15.4. The van der Waals surface area contributed by atoms with E-state index in [9.17, 15) is 0 Å². The van der Waals surface area contributed by atoms with Crippen LogP contribution in [0, 0.1) is 13.8 Å². The molecule has 0 aliphatic rings. The van der Waals surface area contributed by atoms with E-state index in [4.69, 9.17) is 20.9 Å². The average molecular weight is 358 g/mol. The highest BCUT2D eigenvalue weighted by Gasteiger charge is 2.16. The molecule has 25 heavy (non-hydrogen) atoms. The normalized spacial score (nSPS) is 12.0. The van der Waals surface area contributed by atoms with Gasteiger partial charge in [0.1, 0.15) is 5.76 Å². The van der Waals surface area contributed by atoms with Crippen LogP contribution in [-0.2, 0) is 0 Å². The number of ether oxygens (including phenoxy) is 1. The molecule has 0 aliphatic carbocycles. The van der Waals surface area contributed by atoms with E-state index in [1.54, 1.807) is 13.3 Å². The van der Waals surface area contributed by atoms with Crippen molar-refractivity contribution in [2.24, 2.45) is 0 Å². The Hall–Kier alpha value is -2.53. The Bertz CT molecular complexity index is 855. The van der Waals surface area contributed by atoms with Crippen LogP contribution in [-0.4, -0.2) is 17.3 Å². The molecule has 1 unspecified atom stereocenters. The number of hydrogen-bond donors (Lipinski definition) is 1. The van der Waals surface area contributed by atoms with Gasteiger partial charge in [-0.1, -0.05) is 28.9 Å². The SMILES string of the molecule is COc1ncc(-c2c(C)noc2C)cc1NC(C)c1ccc(Cl)cc1. The fraction of sp³-hybridized carbons (Fsp3) is 0.263. The number of aryl methyl sites for hydroxylation is 2. The summed E-state index contributed by atoms with van der Waals surface area (Å²) in [6, 6.07) is 9.82. The Morgan fingerprint density at radius 3 is 2.52 bits per heavy atom. The average Bonchev–Trinajstić information content (AvgIpc) is 2.94. The van der Waals surface area contributed by atoms with Crippen molar-refractivity contribution in [3.05, 3.63) is 58.6 Å². The lowest BCUT2D eigenvalue weighted by Crippen LogP contribution is -2.08. The summed E-state index contributed by atoms with van der Waals surface area (Å²) in [5.41, 5.74) is 4.65. The van der Waals surface area contributed by atoms with Crippen LogP contribution in [0.15, 0.2) is 41.1 Å². The molecule has 2 heterocycles. The number of pyridine rings is 1. The summed E-state index contributed by atoms with van der Waals surface area (Å²) in [5.74, 6) is 1.30. The summed E-state index contributed by atoms with van der Waals surface area (Å²) in [5, 5.41) is 8.19. The number of nitrogens with zero attached hydrogens (tertiary/aromatic N) is 2. The number of anilines is 1. The summed E-state index contributed by atoms with van der Waals surface area (Å²) in [6.45, 7) is 5.88. The minimum absolute atomic E-state index is 0.0629. The summed E-state index contributed by atoms with van der Waals surface area (Å²) >= 11 is 5.97. The van der Waals surface area contributed by atoms with Crippen molar-refractivity contribution in [3.63, 3.8) is 0 Å². The molecule has 0 bridgehead atoms. The number of methoxy groups -OCH3 is 1. The Labute approximate surface area is 152 Å². The van der Waals surface area contributed by atoms with Gasteiger partial charge in [-0.15, -0.1) is 0 Å². The molecule has 3 rings (SSSR count). The summed E-state index contributed by atoms with van der Waals surface area (Å²) in [7, 11) is 1.61. The summed E-state index contributed by atoms with van der Waals surface area (Å²) < 4.78 is 10.7. The second-order valence-corrected chi connectivity index (χ2v) is 6.33. The van der Waals surface area contributed by atoms with Gasteiger partial charge in [0.05, 0.1) is 18.5 Å². The maximum absolute atomic E-state index is 5.97. The van der Waals surface area contributed by atoms with Gasteiger partial charge in [-0.3, -0.25) is 0 Å². The summed E-state index contributed by atoms with van der Waals surface area (Å²) in [4.78, 5) is 4.42. The molecule has 0 saturated carbocycles. The highest BCUT2D eigenvalue weighted by molar-refractivity contribution is 6.30. The molecule has 0 amide bonds. The first-order valence-corrected chi connectivity index (χ1v) is 8.36. The molecule has 5 nitrogen and oxygen atoms in total. The zero-order chi connectivity index (χ0) is 18.0. The third-order valence-electron chi connectivity index (χ3n) is 4.11. The first-order chi connectivity index (χ1) is 12.0. The lowest BCUT2D eigenvalue weighted by atomic mass is 10.0. The predicted molar refractivity (Wildman–Crippen MR) is 99.2 cm³/mol. The molecule has 0 radical (unpaired) electrons. The quantitative estimate of drug-likeness (QED) is 0.681. The molecule has 0 aliphatic heterocycles. The molecule has 0 fully saturated rings.